The molecule has 0 atom stereocenters. The van der Waals surface area contributed by atoms with E-state index in [0.717, 1.165) is 44.3 Å². The Kier molecular flexibility index (Phi) is 6.17. The highest BCUT2D eigenvalue weighted by Crippen LogP contribution is 2.35. The van der Waals surface area contributed by atoms with Crippen molar-refractivity contribution in [1.82, 2.24) is 0 Å². The molecule has 1 aliphatic heterocycles. The first-order valence-corrected chi connectivity index (χ1v) is 11.2. The van der Waals surface area contributed by atoms with Gasteiger partial charge in [0.15, 0.2) is 0 Å². The minimum atomic E-state index is -0.757. The van der Waals surface area contributed by atoms with E-state index in [1.165, 1.54) is 27.9 Å². The Morgan fingerprint density at radius 1 is 0.867 bits per heavy atom. The van der Waals surface area contributed by atoms with E-state index in [2.05, 4.69) is 61.2 Å². The Morgan fingerprint density at radius 2 is 1.53 bits per heavy atom. The van der Waals surface area contributed by atoms with Gasteiger partial charge < -0.3 is 10.0 Å². The lowest BCUT2D eigenvalue weighted by Gasteiger charge is -2.39. The summed E-state index contributed by atoms with van der Waals surface area (Å²) >= 11 is 5.99. The van der Waals surface area contributed by atoms with E-state index in [0.29, 0.717) is 5.02 Å². The molecular formula is C27H30ClNO. The van der Waals surface area contributed by atoms with Gasteiger partial charge in [-0.05, 0) is 86.1 Å². The van der Waals surface area contributed by atoms with Crippen LogP contribution in [0.1, 0.15) is 40.7 Å². The molecule has 0 aliphatic carbocycles. The van der Waals surface area contributed by atoms with Gasteiger partial charge >= 0.3 is 0 Å². The fraction of sp³-hybridized carbons (Fsp3) is 0.333. The van der Waals surface area contributed by atoms with Crippen LogP contribution in [-0.2, 0) is 18.4 Å². The first-order valence-electron chi connectivity index (χ1n) is 10.8. The summed E-state index contributed by atoms with van der Waals surface area (Å²) in [5.74, 6) is 0. The van der Waals surface area contributed by atoms with Crippen molar-refractivity contribution in [2.24, 2.45) is 0 Å². The van der Waals surface area contributed by atoms with E-state index in [-0.39, 0.29) is 0 Å². The van der Waals surface area contributed by atoms with E-state index >= 15 is 0 Å². The second-order valence-corrected chi connectivity index (χ2v) is 9.06. The molecule has 30 heavy (non-hydrogen) atoms. The molecule has 0 radical (unpaired) electrons. The van der Waals surface area contributed by atoms with Crippen molar-refractivity contribution in [1.29, 1.82) is 0 Å². The third kappa shape index (κ3) is 4.71. The molecule has 1 fully saturated rings. The maximum absolute atomic E-state index is 11.1. The lowest BCUT2D eigenvalue weighted by Crippen LogP contribution is -2.42. The molecule has 0 aromatic heterocycles. The van der Waals surface area contributed by atoms with Gasteiger partial charge in [-0.3, -0.25) is 0 Å². The molecule has 3 aromatic carbocycles. The number of halogens is 1. The highest BCUT2D eigenvalue weighted by Gasteiger charge is 2.33. The second-order valence-electron chi connectivity index (χ2n) is 8.62. The standard InChI is InChI=1S/C27H30ClNO/c1-20-3-7-23(21(2)19-20)8-4-22-5-13-26(14-6-22)29-17-15-27(30,16-18-29)24-9-11-25(28)12-10-24/h3,5-7,9-14,19,30H,4,8,15-18H2,1-2H3. The van der Waals surface area contributed by atoms with E-state index in [4.69, 9.17) is 11.6 Å². The molecule has 0 bridgehead atoms. The molecule has 0 saturated carbocycles. The normalized spacial score (nSPS) is 15.9. The number of nitrogens with zero attached hydrogens (tertiary/aromatic N) is 1. The Hall–Kier alpha value is -2.29. The van der Waals surface area contributed by atoms with Gasteiger partial charge in [-0.25, -0.2) is 0 Å². The molecule has 2 nitrogen and oxygen atoms in total. The van der Waals surface area contributed by atoms with Crippen LogP contribution in [0.3, 0.4) is 0 Å². The quantitative estimate of drug-likeness (QED) is 0.529. The Bertz CT molecular complexity index is 986. The molecule has 0 spiro atoms. The molecule has 1 heterocycles. The predicted molar refractivity (Wildman–Crippen MR) is 127 cm³/mol. The number of rotatable bonds is 5. The summed E-state index contributed by atoms with van der Waals surface area (Å²) in [6, 6.07) is 23.3. The average molecular weight is 420 g/mol. The highest BCUT2D eigenvalue weighted by atomic mass is 35.5. The van der Waals surface area contributed by atoms with Crippen molar-refractivity contribution in [2.75, 3.05) is 18.0 Å². The van der Waals surface area contributed by atoms with E-state index in [1.807, 2.05) is 24.3 Å². The zero-order valence-electron chi connectivity index (χ0n) is 17.9. The van der Waals surface area contributed by atoms with Crippen LogP contribution in [-0.4, -0.2) is 18.2 Å². The van der Waals surface area contributed by atoms with Crippen molar-refractivity contribution >= 4 is 17.3 Å². The average Bonchev–Trinajstić information content (AvgIpc) is 2.75. The summed E-state index contributed by atoms with van der Waals surface area (Å²) in [7, 11) is 0. The molecule has 3 aromatic rings. The van der Waals surface area contributed by atoms with Gasteiger partial charge in [-0.15, -0.1) is 0 Å². The summed E-state index contributed by atoms with van der Waals surface area (Å²) in [5, 5.41) is 11.8. The molecule has 1 saturated heterocycles. The molecule has 156 valence electrons. The number of hydrogen-bond donors (Lipinski definition) is 1. The number of benzene rings is 3. The number of piperidine rings is 1. The van der Waals surface area contributed by atoms with Gasteiger partial charge in [0.25, 0.3) is 0 Å². The van der Waals surface area contributed by atoms with Gasteiger partial charge in [-0.1, -0.05) is 59.6 Å². The van der Waals surface area contributed by atoms with Crippen LogP contribution >= 0.6 is 11.6 Å². The first kappa shape index (κ1) is 21.0. The van der Waals surface area contributed by atoms with Crippen molar-refractivity contribution in [3.8, 4) is 0 Å². The van der Waals surface area contributed by atoms with Gasteiger partial charge in [0.2, 0.25) is 0 Å². The minimum Gasteiger partial charge on any atom is -0.385 e. The van der Waals surface area contributed by atoms with Crippen molar-refractivity contribution in [3.05, 3.63) is 99.6 Å². The Labute approximate surface area is 185 Å². The largest absolute Gasteiger partial charge is 0.385 e. The Morgan fingerprint density at radius 3 is 2.17 bits per heavy atom. The van der Waals surface area contributed by atoms with Gasteiger partial charge in [0, 0.05) is 23.8 Å². The second kappa shape index (κ2) is 8.83. The van der Waals surface area contributed by atoms with Gasteiger partial charge in [-0.2, -0.15) is 0 Å². The maximum Gasteiger partial charge on any atom is 0.0930 e. The van der Waals surface area contributed by atoms with Crippen LogP contribution in [0.25, 0.3) is 0 Å². The third-order valence-corrected chi connectivity index (χ3v) is 6.71. The monoisotopic (exact) mass is 419 g/mol. The predicted octanol–water partition coefficient (Wildman–Crippen LogP) is 6.23. The number of anilines is 1. The molecule has 4 rings (SSSR count). The third-order valence-electron chi connectivity index (χ3n) is 6.45. The zero-order chi connectivity index (χ0) is 21.1. The lowest BCUT2D eigenvalue weighted by molar-refractivity contribution is 0.0118. The summed E-state index contributed by atoms with van der Waals surface area (Å²) < 4.78 is 0. The minimum absolute atomic E-state index is 0.706. The molecule has 1 N–H and O–H groups in total. The van der Waals surface area contributed by atoms with Gasteiger partial charge in [0.1, 0.15) is 0 Å². The zero-order valence-corrected chi connectivity index (χ0v) is 18.6. The smallest absolute Gasteiger partial charge is 0.0930 e. The van der Waals surface area contributed by atoms with Crippen LogP contribution in [0.15, 0.2) is 66.7 Å². The van der Waals surface area contributed by atoms with Crippen LogP contribution in [0.5, 0.6) is 0 Å². The number of aryl methyl sites for hydroxylation is 4. The summed E-state index contributed by atoms with van der Waals surface area (Å²) in [5.41, 5.74) is 6.96. The fourth-order valence-corrected chi connectivity index (χ4v) is 4.59. The van der Waals surface area contributed by atoms with E-state index < -0.39 is 5.60 Å². The molecule has 3 heteroatoms. The molecule has 0 unspecified atom stereocenters. The maximum atomic E-state index is 11.1. The van der Waals surface area contributed by atoms with Crippen LogP contribution < -0.4 is 4.90 Å². The highest BCUT2D eigenvalue weighted by molar-refractivity contribution is 6.30. The summed E-state index contributed by atoms with van der Waals surface area (Å²) in [6.45, 7) is 6.04. The summed E-state index contributed by atoms with van der Waals surface area (Å²) in [6.07, 6.45) is 3.58. The van der Waals surface area contributed by atoms with Crippen molar-refractivity contribution < 1.29 is 5.11 Å². The van der Waals surface area contributed by atoms with E-state index in [1.54, 1.807) is 0 Å². The fourth-order valence-electron chi connectivity index (χ4n) is 4.46. The van der Waals surface area contributed by atoms with Crippen LogP contribution in [0.4, 0.5) is 5.69 Å². The summed E-state index contributed by atoms with van der Waals surface area (Å²) in [4.78, 5) is 2.37. The molecule has 0 amide bonds. The van der Waals surface area contributed by atoms with Crippen LogP contribution in [0, 0.1) is 13.8 Å². The van der Waals surface area contributed by atoms with E-state index in [9.17, 15) is 5.11 Å². The van der Waals surface area contributed by atoms with Crippen molar-refractivity contribution in [3.63, 3.8) is 0 Å². The van der Waals surface area contributed by atoms with Crippen molar-refractivity contribution in [2.45, 2.75) is 45.1 Å². The number of aliphatic hydroxyl groups is 1. The number of hydrogen-bond acceptors (Lipinski definition) is 2. The van der Waals surface area contributed by atoms with Crippen LogP contribution in [0.2, 0.25) is 5.02 Å². The SMILES string of the molecule is Cc1ccc(CCc2ccc(N3CCC(O)(c4ccc(Cl)cc4)CC3)cc2)c(C)c1. The molecular weight excluding hydrogens is 390 g/mol. The first-order chi connectivity index (χ1) is 14.4. The Balaban J connectivity index is 1.35. The topological polar surface area (TPSA) is 23.5 Å². The lowest BCUT2D eigenvalue weighted by atomic mass is 9.84. The van der Waals surface area contributed by atoms with Gasteiger partial charge in [0.05, 0.1) is 5.60 Å². The molecule has 1 aliphatic rings.